The third-order valence-corrected chi connectivity index (χ3v) is 2.84. The number of carbonyl (C=O) groups is 1. The number of hydrogen-bond donors (Lipinski definition) is 1. The molecule has 0 bridgehead atoms. The van der Waals surface area contributed by atoms with E-state index in [-0.39, 0.29) is 11.4 Å². The second-order valence-electron chi connectivity index (χ2n) is 4.45. The minimum Gasteiger partial charge on any atom is -0.490 e. The smallest absolute Gasteiger partial charge is 0.387 e. The molecule has 23 heavy (non-hydrogen) atoms. The lowest BCUT2D eigenvalue weighted by molar-refractivity contribution is -0.0493. The summed E-state index contributed by atoms with van der Waals surface area (Å²) in [5.41, 5.74) is 0.535. The lowest BCUT2D eigenvalue weighted by Gasteiger charge is -2.12. The van der Waals surface area contributed by atoms with Crippen LogP contribution < -0.4 is 14.8 Å². The molecule has 0 aliphatic heterocycles. The molecule has 0 radical (unpaired) electrons. The fraction of sp³-hybridized carbons (Fsp3) is 0.118. The van der Waals surface area contributed by atoms with Gasteiger partial charge in [0.15, 0.2) is 0 Å². The number of alkyl halides is 2. The van der Waals surface area contributed by atoms with Crippen molar-refractivity contribution in [3.63, 3.8) is 0 Å². The first-order chi connectivity index (χ1) is 11.1. The van der Waals surface area contributed by atoms with E-state index in [1.54, 1.807) is 42.5 Å². The van der Waals surface area contributed by atoms with Crippen molar-refractivity contribution < 1.29 is 23.0 Å². The number of anilines is 1. The molecule has 0 atom stereocenters. The molecule has 0 aliphatic carbocycles. The van der Waals surface area contributed by atoms with Crippen LogP contribution in [0, 0.1) is 0 Å². The van der Waals surface area contributed by atoms with E-state index in [4.69, 9.17) is 4.74 Å². The molecule has 0 heterocycles. The molecule has 0 saturated carbocycles. The van der Waals surface area contributed by atoms with Gasteiger partial charge in [0.1, 0.15) is 18.1 Å². The first kappa shape index (κ1) is 16.5. The van der Waals surface area contributed by atoms with Crippen LogP contribution in [0.15, 0.2) is 61.2 Å². The zero-order chi connectivity index (χ0) is 16.7. The molecule has 6 heteroatoms. The van der Waals surface area contributed by atoms with E-state index in [2.05, 4.69) is 16.6 Å². The van der Waals surface area contributed by atoms with Gasteiger partial charge < -0.3 is 14.8 Å². The Morgan fingerprint density at radius 1 is 1.17 bits per heavy atom. The van der Waals surface area contributed by atoms with Crippen molar-refractivity contribution in [2.24, 2.45) is 0 Å². The molecular formula is C17H15F2NO3. The lowest BCUT2D eigenvalue weighted by Crippen LogP contribution is -2.13. The number of nitrogens with one attached hydrogen (secondary N) is 1. The molecule has 0 unspecified atom stereocenters. The fourth-order valence-corrected chi connectivity index (χ4v) is 1.82. The van der Waals surface area contributed by atoms with Crippen LogP contribution in [-0.2, 0) is 0 Å². The summed E-state index contributed by atoms with van der Waals surface area (Å²) in [4.78, 5) is 12.2. The van der Waals surface area contributed by atoms with Crippen molar-refractivity contribution in [2.45, 2.75) is 6.61 Å². The van der Waals surface area contributed by atoms with E-state index in [9.17, 15) is 13.6 Å². The van der Waals surface area contributed by atoms with Crippen molar-refractivity contribution in [3.8, 4) is 11.5 Å². The van der Waals surface area contributed by atoms with Crippen LogP contribution in [0.2, 0.25) is 0 Å². The Kier molecular flexibility index (Phi) is 5.68. The molecule has 0 aromatic heterocycles. The second-order valence-corrected chi connectivity index (χ2v) is 4.45. The van der Waals surface area contributed by atoms with Gasteiger partial charge in [-0.1, -0.05) is 24.8 Å². The minimum absolute atomic E-state index is 0.0956. The largest absolute Gasteiger partial charge is 0.490 e. The first-order valence-electron chi connectivity index (χ1n) is 6.79. The highest BCUT2D eigenvalue weighted by Gasteiger charge is 2.12. The Morgan fingerprint density at radius 2 is 1.87 bits per heavy atom. The van der Waals surface area contributed by atoms with Gasteiger partial charge in [-0.2, -0.15) is 8.78 Å². The van der Waals surface area contributed by atoms with Gasteiger partial charge in [-0.15, -0.1) is 0 Å². The molecule has 2 aromatic rings. The molecule has 0 saturated heterocycles. The topological polar surface area (TPSA) is 47.6 Å². The maximum absolute atomic E-state index is 12.4. The predicted molar refractivity (Wildman–Crippen MR) is 83.2 cm³/mol. The van der Waals surface area contributed by atoms with Crippen LogP contribution in [0.25, 0.3) is 0 Å². The summed E-state index contributed by atoms with van der Waals surface area (Å²) in [6.45, 7) is 0.944. The molecule has 1 N–H and O–H groups in total. The number of benzene rings is 2. The van der Waals surface area contributed by atoms with Crippen molar-refractivity contribution in [3.05, 3.63) is 66.7 Å². The van der Waals surface area contributed by atoms with Crippen LogP contribution in [0.3, 0.4) is 0 Å². The zero-order valence-corrected chi connectivity index (χ0v) is 12.2. The van der Waals surface area contributed by atoms with Crippen molar-refractivity contribution >= 4 is 11.6 Å². The number of hydrogen-bond acceptors (Lipinski definition) is 3. The van der Waals surface area contributed by atoms with E-state index in [0.717, 1.165) is 0 Å². The average molecular weight is 319 g/mol. The van der Waals surface area contributed by atoms with Gasteiger partial charge >= 0.3 is 6.61 Å². The van der Waals surface area contributed by atoms with Gasteiger partial charge in [0.25, 0.3) is 5.91 Å². The third kappa shape index (κ3) is 4.81. The summed E-state index contributed by atoms with van der Waals surface area (Å²) in [5, 5.41) is 2.54. The summed E-state index contributed by atoms with van der Waals surface area (Å²) >= 11 is 0. The lowest BCUT2D eigenvalue weighted by atomic mass is 10.2. The number of amides is 1. The summed E-state index contributed by atoms with van der Waals surface area (Å²) in [7, 11) is 0. The Morgan fingerprint density at radius 3 is 2.52 bits per heavy atom. The Bertz CT molecular complexity index is 672. The minimum atomic E-state index is -2.96. The fourth-order valence-electron chi connectivity index (χ4n) is 1.82. The van der Waals surface area contributed by atoms with Crippen molar-refractivity contribution in [2.75, 3.05) is 11.9 Å². The summed E-state index contributed by atoms with van der Waals surface area (Å²) < 4.78 is 34.4. The van der Waals surface area contributed by atoms with Crippen LogP contribution in [0.4, 0.5) is 14.5 Å². The standard InChI is InChI=1S/C17H15F2NO3/c1-2-11-22-13-9-7-12(8-10-13)16(21)20-14-5-3-4-6-15(14)23-17(18)19/h2-10,17H,1,11H2,(H,20,21). The summed E-state index contributed by atoms with van der Waals surface area (Å²) in [6.07, 6.45) is 1.61. The molecule has 0 aliphatic rings. The van der Waals surface area contributed by atoms with Gasteiger partial charge in [-0.25, -0.2) is 0 Å². The summed E-state index contributed by atoms with van der Waals surface area (Å²) in [6, 6.07) is 12.4. The van der Waals surface area contributed by atoms with Crippen LogP contribution in [-0.4, -0.2) is 19.1 Å². The van der Waals surface area contributed by atoms with Crippen molar-refractivity contribution in [1.29, 1.82) is 0 Å². The number of rotatable bonds is 7. The molecule has 0 spiro atoms. The van der Waals surface area contributed by atoms with Gasteiger partial charge in [0.05, 0.1) is 5.69 Å². The van der Waals surface area contributed by atoms with E-state index in [1.165, 1.54) is 12.1 Å². The highest BCUT2D eigenvalue weighted by atomic mass is 19.3. The van der Waals surface area contributed by atoms with Gasteiger partial charge in [0, 0.05) is 5.56 Å². The van der Waals surface area contributed by atoms with Gasteiger partial charge in [-0.3, -0.25) is 4.79 Å². The molecule has 120 valence electrons. The third-order valence-electron chi connectivity index (χ3n) is 2.84. The normalized spacial score (nSPS) is 10.2. The van der Waals surface area contributed by atoms with Gasteiger partial charge in [-0.05, 0) is 36.4 Å². The Hall–Kier alpha value is -2.89. The number of ether oxygens (including phenoxy) is 2. The Labute approximate surface area is 132 Å². The van der Waals surface area contributed by atoms with Crippen LogP contribution in [0.5, 0.6) is 11.5 Å². The van der Waals surface area contributed by atoms with E-state index in [0.29, 0.717) is 17.9 Å². The monoisotopic (exact) mass is 319 g/mol. The second kappa shape index (κ2) is 7.93. The van der Waals surface area contributed by atoms with E-state index < -0.39 is 12.5 Å². The number of para-hydroxylation sites is 2. The highest BCUT2D eigenvalue weighted by Crippen LogP contribution is 2.26. The zero-order valence-electron chi connectivity index (χ0n) is 12.2. The SMILES string of the molecule is C=CCOc1ccc(C(=O)Nc2ccccc2OC(F)F)cc1. The van der Waals surface area contributed by atoms with E-state index in [1.807, 2.05) is 0 Å². The molecule has 2 aromatic carbocycles. The first-order valence-corrected chi connectivity index (χ1v) is 6.79. The maximum Gasteiger partial charge on any atom is 0.387 e. The predicted octanol–water partition coefficient (Wildman–Crippen LogP) is 4.11. The molecular weight excluding hydrogens is 304 g/mol. The average Bonchev–Trinajstić information content (AvgIpc) is 2.54. The number of halogens is 2. The highest BCUT2D eigenvalue weighted by molar-refractivity contribution is 6.05. The van der Waals surface area contributed by atoms with Crippen molar-refractivity contribution in [1.82, 2.24) is 0 Å². The molecule has 2 rings (SSSR count). The number of carbonyl (C=O) groups excluding carboxylic acids is 1. The maximum atomic E-state index is 12.4. The van der Waals surface area contributed by atoms with E-state index >= 15 is 0 Å². The summed E-state index contributed by atoms with van der Waals surface area (Å²) in [5.74, 6) is 0.0651. The van der Waals surface area contributed by atoms with Gasteiger partial charge in [0.2, 0.25) is 0 Å². The molecule has 1 amide bonds. The van der Waals surface area contributed by atoms with Crippen LogP contribution >= 0.6 is 0 Å². The molecule has 0 fully saturated rings. The quantitative estimate of drug-likeness (QED) is 0.781. The van der Waals surface area contributed by atoms with Crippen LogP contribution in [0.1, 0.15) is 10.4 Å². The Balaban J connectivity index is 2.08. The molecule has 4 nitrogen and oxygen atoms in total.